The zero-order valence-electron chi connectivity index (χ0n) is 13.9. The summed E-state index contributed by atoms with van der Waals surface area (Å²) in [5, 5.41) is 13.9. The summed E-state index contributed by atoms with van der Waals surface area (Å²) in [6, 6.07) is 8.63. The number of hydrogen-bond acceptors (Lipinski definition) is 3. The fourth-order valence-electron chi connectivity index (χ4n) is 3.36. The summed E-state index contributed by atoms with van der Waals surface area (Å²) in [7, 11) is 0. The molecule has 2 heterocycles. The fraction of sp³-hybridized carbons (Fsp3) is 0.263. The van der Waals surface area contributed by atoms with Crippen molar-refractivity contribution in [3.05, 3.63) is 59.6 Å². The highest BCUT2D eigenvalue weighted by molar-refractivity contribution is 5.82. The van der Waals surface area contributed by atoms with Crippen LogP contribution in [0, 0.1) is 18.2 Å². The number of phenolic OH excluding ortho intramolecular Hbond substituents is 1. The maximum atomic E-state index is 14.3. The number of rotatable bonds is 2. The third kappa shape index (κ3) is 2.64. The van der Waals surface area contributed by atoms with Crippen LogP contribution >= 0.6 is 0 Å². The minimum atomic E-state index is -1.03. The average Bonchev–Trinajstić information content (AvgIpc) is 3.10. The Hall–Kier alpha value is -3.14. The van der Waals surface area contributed by atoms with Gasteiger partial charge >= 0.3 is 0 Å². The monoisotopic (exact) mass is 354 g/mol. The summed E-state index contributed by atoms with van der Waals surface area (Å²) in [5.41, 5.74) is 1.68. The fourth-order valence-corrected chi connectivity index (χ4v) is 3.36. The second-order valence-electron chi connectivity index (χ2n) is 6.38. The lowest BCUT2D eigenvalue weighted by atomic mass is 10.1. The van der Waals surface area contributed by atoms with Gasteiger partial charge in [-0.3, -0.25) is 0 Å². The van der Waals surface area contributed by atoms with Crippen molar-refractivity contribution in [1.29, 1.82) is 0 Å². The quantitative estimate of drug-likeness (QED) is 0.710. The van der Waals surface area contributed by atoms with E-state index in [9.17, 15) is 13.9 Å². The molecule has 0 saturated carbocycles. The predicted octanol–water partition coefficient (Wildman–Crippen LogP) is 3.90. The highest BCUT2D eigenvalue weighted by Gasteiger charge is 2.23. The van der Waals surface area contributed by atoms with Gasteiger partial charge in [0.15, 0.2) is 17.4 Å². The standard InChI is InChI=1S/C19H16F2N4O/c1-22-13-6-8-24(9-7-13)14-2-4-15(5-3-14)25-18-12(11-23-25)10-16(20)19(26)17(18)21/h2-5,10-11,13,26H,6-9H2. The second-order valence-corrected chi connectivity index (χ2v) is 6.38. The summed E-state index contributed by atoms with van der Waals surface area (Å²) in [6.07, 6.45) is 3.07. The van der Waals surface area contributed by atoms with Gasteiger partial charge < -0.3 is 14.9 Å². The van der Waals surface area contributed by atoms with Gasteiger partial charge in [-0.2, -0.15) is 5.10 Å². The van der Waals surface area contributed by atoms with Crippen LogP contribution in [-0.4, -0.2) is 34.0 Å². The zero-order valence-corrected chi connectivity index (χ0v) is 13.9. The Morgan fingerprint density at radius 1 is 1.12 bits per heavy atom. The number of anilines is 1. The molecule has 7 heteroatoms. The van der Waals surface area contributed by atoms with Gasteiger partial charge in [0.25, 0.3) is 0 Å². The third-order valence-electron chi connectivity index (χ3n) is 4.83. The van der Waals surface area contributed by atoms with Gasteiger partial charge in [0.2, 0.25) is 6.04 Å². The first-order valence-corrected chi connectivity index (χ1v) is 8.35. The van der Waals surface area contributed by atoms with E-state index in [-0.39, 0.29) is 16.9 Å². The molecule has 26 heavy (non-hydrogen) atoms. The van der Waals surface area contributed by atoms with E-state index in [4.69, 9.17) is 6.57 Å². The van der Waals surface area contributed by atoms with Gasteiger partial charge in [0, 0.05) is 37.0 Å². The highest BCUT2D eigenvalue weighted by Crippen LogP contribution is 2.30. The maximum absolute atomic E-state index is 14.3. The molecule has 0 atom stereocenters. The molecular weight excluding hydrogens is 338 g/mol. The zero-order chi connectivity index (χ0) is 18.3. The van der Waals surface area contributed by atoms with Crippen molar-refractivity contribution < 1.29 is 13.9 Å². The summed E-state index contributed by atoms with van der Waals surface area (Å²) in [4.78, 5) is 5.82. The first-order valence-electron chi connectivity index (χ1n) is 8.35. The van der Waals surface area contributed by atoms with E-state index in [0.29, 0.717) is 5.69 Å². The number of fused-ring (bicyclic) bond motifs is 1. The number of phenols is 1. The number of hydrogen-bond donors (Lipinski definition) is 1. The summed E-state index contributed by atoms with van der Waals surface area (Å²) >= 11 is 0. The Labute approximate surface area is 148 Å². The third-order valence-corrected chi connectivity index (χ3v) is 4.83. The Bertz CT molecular complexity index is 999. The van der Waals surface area contributed by atoms with E-state index in [0.717, 1.165) is 37.7 Å². The number of aromatic hydroxyl groups is 1. The van der Waals surface area contributed by atoms with Crippen molar-refractivity contribution in [1.82, 2.24) is 9.78 Å². The van der Waals surface area contributed by atoms with Crippen molar-refractivity contribution in [3.63, 3.8) is 0 Å². The smallest absolute Gasteiger partial charge is 0.227 e. The molecule has 0 bridgehead atoms. The molecule has 1 N–H and O–H groups in total. The van der Waals surface area contributed by atoms with Crippen LogP contribution in [0.15, 0.2) is 36.5 Å². The predicted molar refractivity (Wildman–Crippen MR) is 94.5 cm³/mol. The van der Waals surface area contributed by atoms with Crippen LogP contribution in [0.5, 0.6) is 5.75 Å². The van der Waals surface area contributed by atoms with Crippen molar-refractivity contribution in [2.24, 2.45) is 0 Å². The van der Waals surface area contributed by atoms with Crippen LogP contribution in [0.4, 0.5) is 14.5 Å². The summed E-state index contributed by atoms with van der Waals surface area (Å²) < 4.78 is 29.1. The van der Waals surface area contributed by atoms with Gasteiger partial charge in [0.1, 0.15) is 5.52 Å². The van der Waals surface area contributed by atoms with Gasteiger partial charge in [-0.05, 0) is 30.3 Å². The lowest BCUT2D eigenvalue weighted by Crippen LogP contribution is -2.34. The van der Waals surface area contributed by atoms with Crippen LogP contribution in [0.1, 0.15) is 12.8 Å². The maximum Gasteiger partial charge on any atom is 0.227 e. The van der Waals surface area contributed by atoms with Crippen LogP contribution in [0.3, 0.4) is 0 Å². The molecule has 1 aliphatic heterocycles. The molecule has 1 aromatic heterocycles. The SMILES string of the molecule is [C-]#[N+]C1CCN(c2ccc(-n3ncc4cc(F)c(O)c(F)c43)cc2)CC1. The molecule has 2 aromatic carbocycles. The first kappa shape index (κ1) is 16.3. The van der Waals surface area contributed by atoms with E-state index >= 15 is 0 Å². The van der Waals surface area contributed by atoms with Gasteiger partial charge in [0.05, 0.1) is 11.9 Å². The van der Waals surface area contributed by atoms with Gasteiger partial charge in [-0.15, -0.1) is 0 Å². The van der Waals surface area contributed by atoms with Crippen LogP contribution in [0.2, 0.25) is 0 Å². The second kappa shape index (κ2) is 6.30. The number of benzene rings is 2. The Kier molecular flexibility index (Phi) is 3.96. The average molecular weight is 354 g/mol. The molecule has 0 aliphatic carbocycles. The first-order chi connectivity index (χ1) is 12.6. The summed E-state index contributed by atoms with van der Waals surface area (Å²) in [5.74, 6) is -3.03. The van der Waals surface area contributed by atoms with Crippen molar-refractivity contribution >= 4 is 16.6 Å². The Morgan fingerprint density at radius 3 is 2.42 bits per heavy atom. The molecule has 5 nitrogen and oxygen atoms in total. The van der Waals surface area contributed by atoms with Gasteiger partial charge in [-0.25, -0.2) is 20.0 Å². The normalized spacial score (nSPS) is 15.3. The van der Waals surface area contributed by atoms with Crippen LogP contribution in [-0.2, 0) is 0 Å². The number of halogens is 2. The molecule has 3 aromatic rings. The van der Waals surface area contributed by atoms with Crippen molar-refractivity contribution in [2.75, 3.05) is 18.0 Å². The molecule has 132 valence electrons. The Balaban J connectivity index is 1.65. The molecule has 0 radical (unpaired) electrons. The molecule has 0 unspecified atom stereocenters. The number of nitrogens with zero attached hydrogens (tertiary/aromatic N) is 4. The lowest BCUT2D eigenvalue weighted by Gasteiger charge is -2.29. The molecule has 0 spiro atoms. The van der Waals surface area contributed by atoms with Crippen molar-refractivity contribution in [3.8, 4) is 11.4 Å². The molecule has 1 aliphatic rings. The minimum Gasteiger partial charge on any atom is -0.503 e. The van der Waals surface area contributed by atoms with Crippen LogP contribution < -0.4 is 4.90 Å². The van der Waals surface area contributed by atoms with E-state index < -0.39 is 17.4 Å². The molecule has 1 fully saturated rings. The van der Waals surface area contributed by atoms with Crippen LogP contribution in [0.25, 0.3) is 21.4 Å². The topological polar surface area (TPSA) is 45.7 Å². The van der Waals surface area contributed by atoms with Gasteiger partial charge in [-0.1, -0.05) is 0 Å². The highest BCUT2D eigenvalue weighted by atomic mass is 19.1. The van der Waals surface area contributed by atoms with E-state index in [1.807, 2.05) is 24.3 Å². The Morgan fingerprint density at radius 2 is 1.77 bits per heavy atom. The largest absolute Gasteiger partial charge is 0.503 e. The van der Waals surface area contributed by atoms with E-state index in [1.165, 1.54) is 10.9 Å². The molecule has 1 saturated heterocycles. The molecular formula is C19H16F2N4O. The molecule has 4 rings (SSSR count). The number of aromatic nitrogens is 2. The number of piperidine rings is 1. The molecule has 0 amide bonds. The minimum absolute atomic E-state index is 0.0366. The van der Waals surface area contributed by atoms with E-state index in [1.54, 1.807) is 0 Å². The summed E-state index contributed by atoms with van der Waals surface area (Å²) in [6.45, 7) is 8.78. The van der Waals surface area contributed by atoms with Crippen molar-refractivity contribution in [2.45, 2.75) is 18.9 Å². The van der Waals surface area contributed by atoms with E-state index in [2.05, 4.69) is 14.8 Å². The lowest BCUT2D eigenvalue weighted by molar-refractivity contribution is 0.399.